The Balaban J connectivity index is 1.70. The minimum Gasteiger partial charge on any atom is -0.487 e. The van der Waals surface area contributed by atoms with E-state index in [2.05, 4.69) is 11.6 Å². The summed E-state index contributed by atoms with van der Waals surface area (Å²) in [6.45, 7) is 5.77. The van der Waals surface area contributed by atoms with Crippen LogP contribution in [0.1, 0.15) is 17.7 Å². The quantitative estimate of drug-likeness (QED) is 0.507. The second kappa shape index (κ2) is 6.50. The van der Waals surface area contributed by atoms with Gasteiger partial charge in [0.25, 0.3) is 0 Å². The number of halogens is 1. The Kier molecular flexibility index (Phi) is 4.15. The van der Waals surface area contributed by atoms with E-state index >= 15 is 0 Å². The summed E-state index contributed by atoms with van der Waals surface area (Å²) in [6, 6.07) is 15.5. The monoisotopic (exact) mass is 363 g/mol. The number of esters is 1. The number of carbonyl (C=O) groups is 1. The van der Waals surface area contributed by atoms with Gasteiger partial charge in [0.2, 0.25) is 0 Å². The number of hydrogen-bond acceptors (Lipinski definition) is 4. The molecule has 27 heavy (non-hydrogen) atoms. The zero-order valence-corrected chi connectivity index (χ0v) is 14.9. The third kappa shape index (κ3) is 3.16. The number of ether oxygens (including phenoxy) is 2. The van der Waals surface area contributed by atoms with Gasteiger partial charge in [-0.25, -0.2) is 14.2 Å². The standard InChI is InChI=1S/C22H18FNO3/c1-14-12-22(27-21(14)25,17-8-10-18(23)11-9-17)13-26-19-5-3-4-16-7-6-15(2)24-20(16)19/h3-11H,1,12-13H2,2H3. The van der Waals surface area contributed by atoms with Gasteiger partial charge in [-0.3, -0.25) is 0 Å². The minimum atomic E-state index is -1.03. The Labute approximate surface area is 156 Å². The summed E-state index contributed by atoms with van der Waals surface area (Å²) in [6.07, 6.45) is 0.286. The molecule has 0 bridgehead atoms. The number of nitrogens with zero attached hydrogens (tertiary/aromatic N) is 1. The van der Waals surface area contributed by atoms with Crippen molar-refractivity contribution in [3.05, 3.63) is 83.8 Å². The Morgan fingerprint density at radius 2 is 1.96 bits per heavy atom. The van der Waals surface area contributed by atoms with Crippen molar-refractivity contribution >= 4 is 16.9 Å². The number of aromatic nitrogens is 1. The first-order valence-corrected chi connectivity index (χ1v) is 8.63. The lowest BCUT2D eigenvalue weighted by molar-refractivity contribution is -0.150. The lowest BCUT2D eigenvalue weighted by atomic mass is 9.90. The smallest absolute Gasteiger partial charge is 0.334 e. The topological polar surface area (TPSA) is 48.4 Å². The molecule has 3 aromatic rings. The highest BCUT2D eigenvalue weighted by Crippen LogP contribution is 2.40. The predicted molar refractivity (Wildman–Crippen MR) is 99.9 cm³/mol. The van der Waals surface area contributed by atoms with Gasteiger partial charge in [-0.15, -0.1) is 0 Å². The SMILES string of the molecule is C=C1CC(COc2cccc3ccc(C)nc23)(c2ccc(F)cc2)OC1=O. The molecule has 5 heteroatoms. The molecule has 0 amide bonds. The van der Waals surface area contributed by atoms with Crippen molar-refractivity contribution in [3.8, 4) is 5.75 Å². The van der Waals surface area contributed by atoms with Gasteiger partial charge in [-0.2, -0.15) is 0 Å². The van der Waals surface area contributed by atoms with E-state index in [0.29, 0.717) is 16.9 Å². The van der Waals surface area contributed by atoms with Crippen LogP contribution in [0.5, 0.6) is 5.75 Å². The zero-order valence-electron chi connectivity index (χ0n) is 14.9. The third-order valence-corrected chi connectivity index (χ3v) is 4.73. The van der Waals surface area contributed by atoms with E-state index in [1.165, 1.54) is 12.1 Å². The van der Waals surface area contributed by atoms with Gasteiger partial charge in [0, 0.05) is 23.1 Å². The molecule has 1 unspecified atom stereocenters. The Hall–Kier alpha value is -3.21. The van der Waals surface area contributed by atoms with Gasteiger partial charge in [-0.1, -0.05) is 36.9 Å². The van der Waals surface area contributed by atoms with Gasteiger partial charge in [-0.05, 0) is 36.8 Å². The fraction of sp³-hybridized carbons (Fsp3) is 0.182. The normalized spacial score (nSPS) is 19.3. The molecule has 1 aliphatic rings. The van der Waals surface area contributed by atoms with E-state index in [1.807, 2.05) is 37.3 Å². The summed E-state index contributed by atoms with van der Waals surface area (Å²) in [5.74, 6) is -0.215. The summed E-state index contributed by atoms with van der Waals surface area (Å²) in [7, 11) is 0. The highest BCUT2D eigenvalue weighted by atomic mass is 19.1. The number of cyclic esters (lactones) is 1. The molecule has 0 spiro atoms. The summed E-state index contributed by atoms with van der Waals surface area (Å²) in [5.41, 5.74) is 1.63. The van der Waals surface area contributed by atoms with Gasteiger partial charge in [0.15, 0.2) is 5.60 Å². The Morgan fingerprint density at radius 3 is 2.67 bits per heavy atom. The van der Waals surface area contributed by atoms with Crippen molar-refractivity contribution < 1.29 is 18.7 Å². The van der Waals surface area contributed by atoms with Gasteiger partial charge >= 0.3 is 5.97 Å². The summed E-state index contributed by atoms with van der Waals surface area (Å²) in [5, 5.41) is 0.960. The molecule has 1 fully saturated rings. The van der Waals surface area contributed by atoms with Gasteiger partial charge < -0.3 is 9.47 Å². The first-order chi connectivity index (χ1) is 13.0. The molecule has 136 valence electrons. The van der Waals surface area contributed by atoms with Crippen LogP contribution in [0.2, 0.25) is 0 Å². The maximum absolute atomic E-state index is 13.4. The number of hydrogen-bond donors (Lipinski definition) is 0. The van der Waals surface area contributed by atoms with Crippen LogP contribution in [0.3, 0.4) is 0 Å². The maximum Gasteiger partial charge on any atom is 0.334 e. The van der Waals surface area contributed by atoms with Crippen molar-refractivity contribution in [1.29, 1.82) is 0 Å². The van der Waals surface area contributed by atoms with Crippen molar-refractivity contribution in [2.24, 2.45) is 0 Å². The van der Waals surface area contributed by atoms with Crippen LogP contribution in [0.25, 0.3) is 10.9 Å². The van der Waals surface area contributed by atoms with Gasteiger partial charge in [0.1, 0.15) is 23.7 Å². The Bertz CT molecular complexity index is 1030. The van der Waals surface area contributed by atoms with Crippen LogP contribution in [0, 0.1) is 12.7 Å². The van der Waals surface area contributed by atoms with E-state index in [1.54, 1.807) is 12.1 Å². The number of para-hydroxylation sites is 1. The van der Waals surface area contributed by atoms with E-state index < -0.39 is 11.6 Å². The lowest BCUT2D eigenvalue weighted by Crippen LogP contribution is -2.33. The largest absolute Gasteiger partial charge is 0.487 e. The molecule has 0 saturated carbocycles. The van der Waals surface area contributed by atoms with E-state index in [0.717, 1.165) is 16.6 Å². The van der Waals surface area contributed by atoms with Crippen LogP contribution < -0.4 is 4.74 Å². The summed E-state index contributed by atoms with van der Waals surface area (Å²) < 4.78 is 25.1. The predicted octanol–water partition coefficient (Wildman–Crippen LogP) is 4.46. The molecule has 0 radical (unpaired) electrons. The molecule has 2 heterocycles. The first-order valence-electron chi connectivity index (χ1n) is 8.63. The average molecular weight is 363 g/mol. The lowest BCUT2D eigenvalue weighted by Gasteiger charge is -2.28. The second-order valence-electron chi connectivity index (χ2n) is 6.74. The maximum atomic E-state index is 13.4. The molecule has 2 aromatic carbocycles. The molecular formula is C22H18FNO3. The highest BCUT2D eigenvalue weighted by molar-refractivity contribution is 5.91. The minimum absolute atomic E-state index is 0.0815. The number of pyridine rings is 1. The van der Waals surface area contributed by atoms with E-state index in [4.69, 9.17) is 9.47 Å². The van der Waals surface area contributed by atoms with Crippen LogP contribution in [-0.4, -0.2) is 17.6 Å². The average Bonchev–Trinajstić information content (AvgIpc) is 2.95. The molecule has 1 atom stereocenters. The number of benzene rings is 2. The van der Waals surface area contributed by atoms with Crippen LogP contribution in [0.4, 0.5) is 4.39 Å². The Morgan fingerprint density at radius 1 is 1.19 bits per heavy atom. The molecule has 1 aromatic heterocycles. The fourth-order valence-electron chi connectivity index (χ4n) is 3.31. The van der Waals surface area contributed by atoms with Crippen LogP contribution >= 0.6 is 0 Å². The molecule has 4 rings (SSSR count). The van der Waals surface area contributed by atoms with Crippen molar-refractivity contribution in [2.45, 2.75) is 18.9 Å². The number of carbonyl (C=O) groups excluding carboxylic acids is 1. The zero-order chi connectivity index (χ0) is 19.0. The molecule has 0 N–H and O–H groups in total. The highest BCUT2D eigenvalue weighted by Gasteiger charge is 2.45. The summed E-state index contributed by atoms with van der Waals surface area (Å²) in [4.78, 5) is 16.6. The molecule has 0 aliphatic carbocycles. The third-order valence-electron chi connectivity index (χ3n) is 4.73. The first kappa shape index (κ1) is 17.2. The second-order valence-corrected chi connectivity index (χ2v) is 6.74. The summed E-state index contributed by atoms with van der Waals surface area (Å²) >= 11 is 0. The molecule has 1 aliphatic heterocycles. The number of rotatable bonds is 4. The van der Waals surface area contributed by atoms with Crippen molar-refractivity contribution in [3.63, 3.8) is 0 Å². The van der Waals surface area contributed by atoms with Crippen LogP contribution in [-0.2, 0) is 15.1 Å². The molecular weight excluding hydrogens is 345 g/mol. The fourth-order valence-corrected chi connectivity index (χ4v) is 3.31. The van der Waals surface area contributed by atoms with Crippen LogP contribution in [0.15, 0.2) is 66.7 Å². The van der Waals surface area contributed by atoms with Crippen molar-refractivity contribution in [1.82, 2.24) is 4.98 Å². The van der Waals surface area contributed by atoms with E-state index in [-0.39, 0.29) is 18.8 Å². The van der Waals surface area contributed by atoms with Gasteiger partial charge in [0.05, 0.1) is 0 Å². The number of fused-ring (bicyclic) bond motifs is 1. The molecule has 1 saturated heterocycles. The van der Waals surface area contributed by atoms with Crippen molar-refractivity contribution in [2.75, 3.05) is 6.61 Å². The van der Waals surface area contributed by atoms with E-state index in [9.17, 15) is 9.18 Å². The molecule has 4 nitrogen and oxygen atoms in total. The number of aryl methyl sites for hydroxylation is 1.